The summed E-state index contributed by atoms with van der Waals surface area (Å²) >= 11 is 0. The summed E-state index contributed by atoms with van der Waals surface area (Å²) in [5, 5.41) is 25.0. The highest BCUT2D eigenvalue weighted by Crippen LogP contribution is 1.90. The SMILES string of the molecule is [NH]C(=O)C(O)C(O)CO. The van der Waals surface area contributed by atoms with E-state index in [1.165, 1.54) is 0 Å². The second kappa shape index (κ2) is 3.39. The zero-order valence-electron chi connectivity index (χ0n) is 4.61. The molecular weight excluding hydrogens is 126 g/mol. The molecule has 0 heterocycles. The summed E-state index contributed by atoms with van der Waals surface area (Å²) in [5.41, 5.74) is 6.26. The summed E-state index contributed by atoms with van der Waals surface area (Å²) in [4.78, 5) is 9.89. The van der Waals surface area contributed by atoms with Crippen molar-refractivity contribution >= 4 is 5.91 Å². The first kappa shape index (κ1) is 8.35. The number of amides is 1. The van der Waals surface area contributed by atoms with Crippen LogP contribution in [-0.2, 0) is 4.79 Å². The van der Waals surface area contributed by atoms with Gasteiger partial charge in [-0.3, -0.25) is 10.5 Å². The van der Waals surface area contributed by atoms with Crippen LogP contribution in [0.3, 0.4) is 0 Å². The van der Waals surface area contributed by atoms with E-state index in [1.54, 1.807) is 0 Å². The van der Waals surface area contributed by atoms with E-state index in [2.05, 4.69) is 0 Å². The van der Waals surface area contributed by atoms with Crippen molar-refractivity contribution in [3.05, 3.63) is 0 Å². The van der Waals surface area contributed by atoms with Crippen LogP contribution in [0.2, 0.25) is 0 Å². The summed E-state index contributed by atoms with van der Waals surface area (Å²) in [5.74, 6) is -1.29. The second-order valence-corrected chi connectivity index (χ2v) is 1.56. The van der Waals surface area contributed by atoms with Gasteiger partial charge >= 0.3 is 0 Å². The lowest BCUT2D eigenvalue weighted by atomic mass is 10.2. The Morgan fingerprint density at radius 2 is 2.00 bits per heavy atom. The van der Waals surface area contributed by atoms with Crippen molar-refractivity contribution in [1.82, 2.24) is 5.73 Å². The number of hydrogen-bond acceptors (Lipinski definition) is 4. The molecule has 0 aliphatic rings. The molecule has 0 spiro atoms. The monoisotopic (exact) mass is 134 g/mol. The molecule has 0 saturated carbocycles. The lowest BCUT2D eigenvalue weighted by molar-refractivity contribution is -0.134. The van der Waals surface area contributed by atoms with E-state index in [1.807, 2.05) is 0 Å². The van der Waals surface area contributed by atoms with Crippen molar-refractivity contribution in [3.8, 4) is 0 Å². The summed E-state index contributed by atoms with van der Waals surface area (Å²) in [7, 11) is 0. The van der Waals surface area contributed by atoms with Crippen molar-refractivity contribution in [1.29, 1.82) is 0 Å². The van der Waals surface area contributed by atoms with Gasteiger partial charge in [-0.2, -0.15) is 0 Å². The first-order valence-corrected chi connectivity index (χ1v) is 2.32. The maximum absolute atomic E-state index is 9.89. The van der Waals surface area contributed by atoms with E-state index >= 15 is 0 Å². The Morgan fingerprint density at radius 1 is 1.56 bits per heavy atom. The van der Waals surface area contributed by atoms with Crippen LogP contribution in [0.5, 0.6) is 0 Å². The number of nitrogens with one attached hydrogen (secondary N) is 1. The van der Waals surface area contributed by atoms with Gasteiger partial charge in [-0.25, -0.2) is 0 Å². The van der Waals surface area contributed by atoms with Crippen LogP contribution in [0, 0.1) is 0 Å². The topological polar surface area (TPSA) is 102 Å². The van der Waals surface area contributed by atoms with Gasteiger partial charge in [-0.05, 0) is 0 Å². The molecule has 0 aliphatic carbocycles. The summed E-state index contributed by atoms with van der Waals surface area (Å²) in [6, 6.07) is 0. The fraction of sp³-hybridized carbons (Fsp3) is 0.750. The van der Waals surface area contributed by atoms with E-state index in [0.717, 1.165) is 0 Å². The molecule has 0 bridgehead atoms. The number of carbonyl (C=O) groups excluding carboxylic acids is 1. The summed E-state index contributed by atoms with van der Waals surface area (Å²) < 4.78 is 0. The number of aliphatic hydroxyl groups is 3. The third kappa shape index (κ3) is 2.41. The van der Waals surface area contributed by atoms with Crippen LogP contribution in [0.4, 0.5) is 0 Å². The van der Waals surface area contributed by atoms with Gasteiger partial charge in [0.2, 0.25) is 0 Å². The van der Waals surface area contributed by atoms with Gasteiger partial charge in [0.25, 0.3) is 5.91 Å². The lowest BCUT2D eigenvalue weighted by Crippen LogP contribution is -2.36. The molecule has 5 nitrogen and oxygen atoms in total. The molecule has 0 saturated heterocycles. The Labute approximate surface area is 51.7 Å². The number of hydrogen-bond donors (Lipinski definition) is 3. The molecule has 0 fully saturated rings. The normalized spacial score (nSPS) is 16.8. The molecular formula is C4H8NO4. The quantitative estimate of drug-likeness (QED) is 0.397. The molecule has 1 amide bonds. The van der Waals surface area contributed by atoms with Crippen molar-refractivity contribution in [2.24, 2.45) is 0 Å². The summed E-state index contributed by atoms with van der Waals surface area (Å²) in [6.07, 6.45) is -3.31. The van der Waals surface area contributed by atoms with Crippen LogP contribution in [0.1, 0.15) is 0 Å². The van der Waals surface area contributed by atoms with Gasteiger partial charge < -0.3 is 15.3 Å². The molecule has 2 atom stereocenters. The Balaban J connectivity index is 3.72. The molecule has 0 aliphatic heterocycles. The van der Waals surface area contributed by atoms with Crippen LogP contribution < -0.4 is 5.73 Å². The van der Waals surface area contributed by atoms with Gasteiger partial charge in [0.05, 0.1) is 6.61 Å². The van der Waals surface area contributed by atoms with Gasteiger partial charge in [-0.15, -0.1) is 0 Å². The Bertz CT molecular complexity index is 105. The molecule has 53 valence electrons. The standard InChI is InChI=1S/C4H8NO4/c5-4(9)3(8)2(7)1-6/h2-3,5-8H,1H2. The van der Waals surface area contributed by atoms with Crippen LogP contribution in [0.15, 0.2) is 0 Å². The zero-order valence-corrected chi connectivity index (χ0v) is 4.61. The van der Waals surface area contributed by atoms with E-state index < -0.39 is 24.7 Å². The molecule has 0 aromatic heterocycles. The van der Waals surface area contributed by atoms with Gasteiger partial charge in [-0.1, -0.05) is 0 Å². The maximum Gasteiger partial charge on any atom is 0.270 e. The van der Waals surface area contributed by atoms with Crippen molar-refractivity contribution in [3.63, 3.8) is 0 Å². The lowest BCUT2D eigenvalue weighted by Gasteiger charge is -2.09. The minimum Gasteiger partial charge on any atom is -0.394 e. The van der Waals surface area contributed by atoms with Gasteiger partial charge in [0.1, 0.15) is 6.10 Å². The molecule has 4 N–H and O–H groups in total. The van der Waals surface area contributed by atoms with E-state index in [9.17, 15) is 4.79 Å². The fourth-order valence-electron chi connectivity index (χ4n) is 0.275. The van der Waals surface area contributed by atoms with Crippen molar-refractivity contribution in [2.75, 3.05) is 6.61 Å². The van der Waals surface area contributed by atoms with Crippen molar-refractivity contribution < 1.29 is 20.1 Å². The predicted octanol–water partition coefficient (Wildman–Crippen LogP) is -2.49. The minimum atomic E-state index is -1.78. The predicted molar refractivity (Wildman–Crippen MR) is 27.2 cm³/mol. The molecule has 0 rings (SSSR count). The smallest absolute Gasteiger partial charge is 0.270 e. The molecule has 0 aromatic carbocycles. The fourth-order valence-corrected chi connectivity index (χ4v) is 0.275. The average Bonchev–Trinajstić information content (AvgIpc) is 1.84. The number of carbonyl (C=O) groups is 1. The summed E-state index contributed by atoms with van der Waals surface area (Å²) in [6.45, 7) is -0.716. The van der Waals surface area contributed by atoms with Crippen LogP contribution in [-0.4, -0.2) is 40.0 Å². The largest absolute Gasteiger partial charge is 0.394 e. The average molecular weight is 134 g/mol. The first-order chi connectivity index (χ1) is 4.09. The maximum atomic E-state index is 9.89. The Morgan fingerprint density at radius 3 is 2.11 bits per heavy atom. The molecule has 2 unspecified atom stereocenters. The van der Waals surface area contributed by atoms with E-state index in [4.69, 9.17) is 21.1 Å². The first-order valence-electron chi connectivity index (χ1n) is 2.32. The molecule has 9 heavy (non-hydrogen) atoms. The molecule has 5 heteroatoms. The van der Waals surface area contributed by atoms with Crippen LogP contribution in [0.25, 0.3) is 0 Å². The Hall–Kier alpha value is -0.650. The second-order valence-electron chi connectivity index (χ2n) is 1.56. The Kier molecular flexibility index (Phi) is 3.15. The number of rotatable bonds is 3. The van der Waals surface area contributed by atoms with Crippen LogP contribution >= 0.6 is 0 Å². The third-order valence-corrected chi connectivity index (χ3v) is 0.820. The van der Waals surface area contributed by atoms with E-state index in [-0.39, 0.29) is 0 Å². The van der Waals surface area contributed by atoms with Crippen molar-refractivity contribution in [2.45, 2.75) is 12.2 Å². The van der Waals surface area contributed by atoms with Gasteiger partial charge in [0.15, 0.2) is 6.10 Å². The highest BCUT2D eigenvalue weighted by Gasteiger charge is 2.20. The zero-order chi connectivity index (χ0) is 7.44. The highest BCUT2D eigenvalue weighted by molar-refractivity contribution is 5.78. The molecule has 0 aromatic rings. The molecule has 1 radical (unpaired) electrons. The third-order valence-electron chi connectivity index (χ3n) is 0.820. The van der Waals surface area contributed by atoms with Gasteiger partial charge in [0, 0.05) is 0 Å². The minimum absolute atomic E-state index is 0.716. The number of aliphatic hydroxyl groups excluding tert-OH is 3. The highest BCUT2D eigenvalue weighted by atomic mass is 16.4. The van der Waals surface area contributed by atoms with E-state index in [0.29, 0.717) is 0 Å².